The van der Waals surface area contributed by atoms with Crippen molar-refractivity contribution in [1.82, 2.24) is 9.80 Å². The molecule has 1 unspecified atom stereocenters. The van der Waals surface area contributed by atoms with Crippen LogP contribution in [0.5, 0.6) is 0 Å². The summed E-state index contributed by atoms with van der Waals surface area (Å²) in [7, 11) is 0. The summed E-state index contributed by atoms with van der Waals surface area (Å²) in [5, 5.41) is 0. The van der Waals surface area contributed by atoms with Crippen molar-refractivity contribution in [1.29, 1.82) is 0 Å². The molecule has 4 rings (SSSR count). The van der Waals surface area contributed by atoms with E-state index in [9.17, 15) is 14.4 Å². The van der Waals surface area contributed by atoms with E-state index in [1.807, 2.05) is 75.4 Å². The van der Waals surface area contributed by atoms with Crippen LogP contribution in [0.1, 0.15) is 50.3 Å². The molecule has 2 aliphatic heterocycles. The number of fused-ring (bicyclic) bond motifs is 1. The smallest absolute Gasteiger partial charge is 0.411 e. The van der Waals surface area contributed by atoms with Crippen molar-refractivity contribution < 1.29 is 23.9 Å². The molecule has 0 aliphatic carbocycles. The van der Waals surface area contributed by atoms with Crippen LogP contribution in [0.2, 0.25) is 0 Å². The maximum Gasteiger partial charge on any atom is 0.411 e. The van der Waals surface area contributed by atoms with E-state index in [1.165, 1.54) is 4.90 Å². The number of carbonyl (C=O) groups excluding carboxylic acids is 3. The molecule has 1 atom stereocenters. The van der Waals surface area contributed by atoms with Crippen LogP contribution >= 0.6 is 0 Å². The lowest BCUT2D eigenvalue weighted by Gasteiger charge is -2.39. The van der Waals surface area contributed by atoms with Gasteiger partial charge in [0.15, 0.2) is 0 Å². The van der Waals surface area contributed by atoms with Gasteiger partial charge >= 0.3 is 12.1 Å². The van der Waals surface area contributed by atoms with Crippen molar-refractivity contribution in [3.8, 4) is 0 Å². The van der Waals surface area contributed by atoms with Crippen LogP contribution in [0, 0.1) is 0 Å². The van der Waals surface area contributed by atoms with Gasteiger partial charge in [0.05, 0.1) is 0 Å². The Kier molecular flexibility index (Phi) is 6.64. The summed E-state index contributed by atoms with van der Waals surface area (Å²) < 4.78 is 11.1. The number of esters is 1. The van der Waals surface area contributed by atoms with Crippen molar-refractivity contribution in [2.24, 2.45) is 0 Å². The minimum absolute atomic E-state index is 0.146. The molecule has 0 aromatic heterocycles. The first kappa shape index (κ1) is 23.8. The molecule has 1 spiro atoms. The Morgan fingerprint density at radius 1 is 1.00 bits per heavy atom. The van der Waals surface area contributed by atoms with Gasteiger partial charge in [0.25, 0.3) is 0 Å². The number of hydrogen-bond donors (Lipinski definition) is 0. The van der Waals surface area contributed by atoms with Gasteiger partial charge in [-0.2, -0.15) is 0 Å². The maximum absolute atomic E-state index is 14.0. The van der Waals surface area contributed by atoms with E-state index >= 15 is 0 Å². The topological polar surface area (TPSA) is 76.2 Å². The molecule has 1 saturated heterocycles. The van der Waals surface area contributed by atoms with Crippen LogP contribution in [-0.4, -0.2) is 52.0 Å². The predicted octanol–water partition coefficient (Wildman–Crippen LogP) is 4.08. The molecule has 7 heteroatoms. The lowest BCUT2D eigenvalue weighted by atomic mass is 9.87. The third-order valence-corrected chi connectivity index (χ3v) is 6.31. The molecule has 0 radical (unpaired) electrons. The SMILES string of the molecule is CC(C)(C)OC(=O)N1CCCC12Cc1ccccc1CN(CC(=O)OCc1ccccc1)C2=O. The molecule has 2 aromatic rings. The van der Waals surface area contributed by atoms with Gasteiger partial charge in [-0.3, -0.25) is 14.5 Å². The van der Waals surface area contributed by atoms with E-state index in [0.29, 0.717) is 32.4 Å². The lowest BCUT2D eigenvalue weighted by Crippen LogP contribution is -2.59. The highest BCUT2D eigenvalue weighted by Gasteiger charge is 2.54. The van der Waals surface area contributed by atoms with Crippen LogP contribution < -0.4 is 0 Å². The van der Waals surface area contributed by atoms with Crippen molar-refractivity contribution in [2.45, 2.75) is 64.3 Å². The highest BCUT2D eigenvalue weighted by molar-refractivity contribution is 5.93. The fourth-order valence-electron chi connectivity index (χ4n) is 4.78. The minimum Gasteiger partial charge on any atom is -0.459 e. The Bertz CT molecular complexity index is 1060. The summed E-state index contributed by atoms with van der Waals surface area (Å²) in [6, 6.07) is 17.3. The largest absolute Gasteiger partial charge is 0.459 e. The van der Waals surface area contributed by atoms with Gasteiger partial charge in [-0.05, 0) is 50.3 Å². The number of benzene rings is 2. The molecule has 2 aliphatic rings. The Labute approximate surface area is 200 Å². The molecular weight excluding hydrogens is 432 g/mol. The zero-order valence-electron chi connectivity index (χ0n) is 20.1. The Morgan fingerprint density at radius 2 is 1.68 bits per heavy atom. The zero-order valence-corrected chi connectivity index (χ0v) is 20.1. The summed E-state index contributed by atoms with van der Waals surface area (Å²) in [6.45, 7) is 6.14. The van der Waals surface area contributed by atoms with Gasteiger partial charge in [0.2, 0.25) is 5.91 Å². The monoisotopic (exact) mass is 464 g/mol. The van der Waals surface area contributed by atoms with Crippen LogP contribution in [-0.2, 0) is 38.6 Å². The molecule has 2 aromatic carbocycles. The fourth-order valence-corrected chi connectivity index (χ4v) is 4.78. The van der Waals surface area contributed by atoms with Gasteiger partial charge in [-0.25, -0.2) is 4.79 Å². The summed E-state index contributed by atoms with van der Waals surface area (Å²) in [4.78, 5) is 43.0. The molecule has 180 valence electrons. The van der Waals surface area contributed by atoms with Crippen LogP contribution in [0.25, 0.3) is 0 Å². The second-order valence-electron chi connectivity index (χ2n) is 10.0. The molecule has 2 heterocycles. The summed E-state index contributed by atoms with van der Waals surface area (Å²) in [5.41, 5.74) is 1.11. The fraction of sp³-hybridized carbons (Fsp3) is 0.444. The number of likely N-dealkylation sites (tertiary alicyclic amines) is 1. The minimum atomic E-state index is -1.07. The Balaban J connectivity index is 1.59. The molecule has 0 N–H and O–H groups in total. The Morgan fingerprint density at radius 3 is 2.38 bits per heavy atom. The zero-order chi connectivity index (χ0) is 24.3. The number of carbonyl (C=O) groups is 3. The number of nitrogens with zero attached hydrogens (tertiary/aromatic N) is 2. The molecule has 0 saturated carbocycles. The van der Waals surface area contributed by atoms with Crippen molar-refractivity contribution in [3.05, 3.63) is 71.3 Å². The normalized spacial score (nSPS) is 20.1. The van der Waals surface area contributed by atoms with E-state index in [0.717, 1.165) is 16.7 Å². The van der Waals surface area contributed by atoms with Crippen LogP contribution in [0.3, 0.4) is 0 Å². The maximum atomic E-state index is 14.0. The van der Waals surface area contributed by atoms with Crippen molar-refractivity contribution in [3.63, 3.8) is 0 Å². The first-order valence-corrected chi connectivity index (χ1v) is 11.7. The van der Waals surface area contributed by atoms with Gasteiger partial charge in [0.1, 0.15) is 24.3 Å². The molecule has 34 heavy (non-hydrogen) atoms. The molecule has 1 fully saturated rings. The number of amides is 2. The number of ether oxygens (including phenoxy) is 2. The Hall–Kier alpha value is -3.35. The highest BCUT2D eigenvalue weighted by Crippen LogP contribution is 2.39. The third kappa shape index (κ3) is 5.08. The first-order chi connectivity index (χ1) is 16.2. The van der Waals surface area contributed by atoms with Crippen LogP contribution in [0.15, 0.2) is 54.6 Å². The van der Waals surface area contributed by atoms with Crippen molar-refractivity contribution in [2.75, 3.05) is 13.1 Å². The van der Waals surface area contributed by atoms with Crippen molar-refractivity contribution >= 4 is 18.0 Å². The van der Waals surface area contributed by atoms with E-state index < -0.39 is 23.2 Å². The van der Waals surface area contributed by atoms with Gasteiger partial charge in [0, 0.05) is 19.5 Å². The predicted molar refractivity (Wildman–Crippen MR) is 127 cm³/mol. The summed E-state index contributed by atoms with van der Waals surface area (Å²) in [6.07, 6.45) is 1.12. The quantitative estimate of drug-likeness (QED) is 0.637. The lowest BCUT2D eigenvalue weighted by molar-refractivity contribution is -0.154. The molecule has 2 amide bonds. The van der Waals surface area contributed by atoms with Gasteiger partial charge in [-0.15, -0.1) is 0 Å². The number of hydrogen-bond acceptors (Lipinski definition) is 5. The first-order valence-electron chi connectivity index (χ1n) is 11.7. The third-order valence-electron chi connectivity index (χ3n) is 6.31. The molecule has 0 bridgehead atoms. The molecular formula is C27H32N2O5. The summed E-state index contributed by atoms with van der Waals surface area (Å²) in [5.74, 6) is -0.711. The van der Waals surface area contributed by atoms with E-state index in [-0.39, 0.29) is 19.1 Å². The molecule has 7 nitrogen and oxygen atoms in total. The van der Waals surface area contributed by atoms with E-state index in [4.69, 9.17) is 9.47 Å². The van der Waals surface area contributed by atoms with Crippen LogP contribution in [0.4, 0.5) is 4.79 Å². The average molecular weight is 465 g/mol. The van der Waals surface area contributed by atoms with E-state index in [1.54, 1.807) is 4.90 Å². The second-order valence-corrected chi connectivity index (χ2v) is 10.0. The summed E-state index contributed by atoms with van der Waals surface area (Å²) >= 11 is 0. The second kappa shape index (κ2) is 9.49. The standard InChI is InChI=1S/C27H32N2O5/c1-26(2,3)34-25(32)29-15-9-14-27(29)16-21-12-7-8-13-22(21)17-28(24(27)31)18-23(30)33-19-20-10-5-4-6-11-20/h4-8,10-13H,9,14-19H2,1-3H3. The highest BCUT2D eigenvalue weighted by atomic mass is 16.6. The van der Waals surface area contributed by atoms with E-state index in [2.05, 4.69) is 0 Å². The van der Waals surface area contributed by atoms with Gasteiger partial charge < -0.3 is 14.4 Å². The average Bonchev–Trinajstić information content (AvgIpc) is 3.17. The number of rotatable bonds is 4. The van der Waals surface area contributed by atoms with Gasteiger partial charge in [-0.1, -0.05) is 54.6 Å².